The molecule has 0 atom stereocenters. The van der Waals surface area contributed by atoms with Crippen LogP contribution >= 0.6 is 0 Å². The molecule has 0 aliphatic carbocycles. The summed E-state index contributed by atoms with van der Waals surface area (Å²) in [6.07, 6.45) is 0. The first-order valence-electron chi connectivity index (χ1n) is 6.00. The van der Waals surface area contributed by atoms with Crippen LogP contribution in [0.15, 0.2) is 47.4 Å². The second-order valence-corrected chi connectivity index (χ2v) is 6.21. The predicted octanol–water partition coefficient (Wildman–Crippen LogP) is 2.28. The minimum atomic E-state index is -3.52. The number of nitrogens with one attached hydrogen (secondary N) is 1. The first-order valence-corrected chi connectivity index (χ1v) is 7.48. The van der Waals surface area contributed by atoms with Gasteiger partial charge in [0.25, 0.3) is 0 Å². The molecule has 0 aromatic heterocycles. The number of benzene rings is 2. The molecule has 6 heteroatoms. The number of hydrogen-bond donors (Lipinski definition) is 2. The maximum Gasteiger partial charge on any atom is 0.240 e. The van der Waals surface area contributed by atoms with E-state index in [1.165, 1.54) is 25.2 Å². The number of nitrogen functional groups attached to an aromatic ring is 1. The van der Waals surface area contributed by atoms with Gasteiger partial charge in [0.2, 0.25) is 10.0 Å². The summed E-state index contributed by atoms with van der Waals surface area (Å²) in [5, 5.41) is 0. The number of sulfonamides is 1. The van der Waals surface area contributed by atoms with Crippen LogP contribution in [0.5, 0.6) is 11.5 Å². The Bertz CT molecular complexity index is 727. The van der Waals surface area contributed by atoms with Gasteiger partial charge in [0.15, 0.2) is 5.75 Å². The minimum absolute atomic E-state index is 0.108. The molecule has 0 aliphatic heterocycles. The van der Waals surface area contributed by atoms with Crippen LogP contribution in [0, 0.1) is 6.92 Å². The first-order chi connectivity index (χ1) is 9.42. The summed E-state index contributed by atoms with van der Waals surface area (Å²) in [4.78, 5) is 0.108. The Labute approximate surface area is 118 Å². The van der Waals surface area contributed by atoms with E-state index < -0.39 is 10.0 Å². The van der Waals surface area contributed by atoms with E-state index in [4.69, 9.17) is 10.5 Å². The smallest absolute Gasteiger partial charge is 0.240 e. The fourth-order valence-electron chi connectivity index (χ4n) is 1.69. The molecular weight excluding hydrogens is 276 g/mol. The van der Waals surface area contributed by atoms with Gasteiger partial charge >= 0.3 is 0 Å². The lowest BCUT2D eigenvalue weighted by atomic mass is 10.2. The van der Waals surface area contributed by atoms with Crippen LogP contribution in [0.2, 0.25) is 0 Å². The second-order valence-electron chi connectivity index (χ2n) is 4.33. The molecule has 3 N–H and O–H groups in total. The predicted molar refractivity (Wildman–Crippen MR) is 78.4 cm³/mol. The van der Waals surface area contributed by atoms with Gasteiger partial charge in [-0.25, -0.2) is 13.1 Å². The van der Waals surface area contributed by atoms with Gasteiger partial charge < -0.3 is 10.5 Å². The maximum absolute atomic E-state index is 11.8. The zero-order valence-corrected chi connectivity index (χ0v) is 12.1. The number of ether oxygens (including phenoxy) is 1. The van der Waals surface area contributed by atoms with Crippen LogP contribution in [0.1, 0.15) is 5.56 Å². The van der Waals surface area contributed by atoms with E-state index in [0.29, 0.717) is 17.2 Å². The van der Waals surface area contributed by atoms with Gasteiger partial charge in [-0.3, -0.25) is 0 Å². The van der Waals surface area contributed by atoms with E-state index in [2.05, 4.69) is 4.72 Å². The molecule has 0 unspecified atom stereocenters. The summed E-state index contributed by atoms with van der Waals surface area (Å²) < 4.78 is 31.4. The molecule has 0 saturated carbocycles. The molecule has 106 valence electrons. The molecule has 2 rings (SSSR count). The van der Waals surface area contributed by atoms with Crippen molar-refractivity contribution in [1.29, 1.82) is 0 Å². The van der Waals surface area contributed by atoms with Crippen molar-refractivity contribution < 1.29 is 13.2 Å². The van der Waals surface area contributed by atoms with E-state index in [-0.39, 0.29) is 4.90 Å². The molecule has 20 heavy (non-hydrogen) atoms. The van der Waals surface area contributed by atoms with Crippen molar-refractivity contribution in [3.8, 4) is 11.5 Å². The molecular formula is C14H16N2O3S. The van der Waals surface area contributed by atoms with Crippen LogP contribution in [0.3, 0.4) is 0 Å². The third-order valence-corrected chi connectivity index (χ3v) is 4.19. The molecule has 0 amide bonds. The highest BCUT2D eigenvalue weighted by molar-refractivity contribution is 7.89. The average molecular weight is 292 g/mol. The van der Waals surface area contributed by atoms with Crippen LogP contribution < -0.4 is 15.2 Å². The molecule has 0 aliphatic rings. The normalized spacial score (nSPS) is 11.3. The minimum Gasteiger partial charge on any atom is -0.455 e. The van der Waals surface area contributed by atoms with Crippen molar-refractivity contribution in [2.45, 2.75) is 11.8 Å². The Hall–Kier alpha value is -2.05. The van der Waals surface area contributed by atoms with E-state index in [0.717, 1.165) is 5.56 Å². The van der Waals surface area contributed by atoms with Gasteiger partial charge in [-0.1, -0.05) is 12.1 Å². The standard InChI is InChI=1S/C14H16N2O3S/c1-10-4-3-5-11(8-10)19-14-9-12(6-7-13(14)15)20(17,18)16-2/h3-9,16H,15H2,1-2H3. The summed E-state index contributed by atoms with van der Waals surface area (Å²) in [6.45, 7) is 1.94. The van der Waals surface area contributed by atoms with Crippen molar-refractivity contribution in [3.05, 3.63) is 48.0 Å². The van der Waals surface area contributed by atoms with E-state index >= 15 is 0 Å². The molecule has 5 nitrogen and oxygen atoms in total. The van der Waals surface area contributed by atoms with Crippen molar-refractivity contribution >= 4 is 15.7 Å². The van der Waals surface area contributed by atoms with Crippen molar-refractivity contribution in [2.75, 3.05) is 12.8 Å². The van der Waals surface area contributed by atoms with Crippen LogP contribution in [-0.2, 0) is 10.0 Å². The van der Waals surface area contributed by atoms with Crippen molar-refractivity contribution in [1.82, 2.24) is 4.72 Å². The number of hydrogen-bond acceptors (Lipinski definition) is 4. The molecule has 0 spiro atoms. The van der Waals surface area contributed by atoms with Crippen LogP contribution in [-0.4, -0.2) is 15.5 Å². The highest BCUT2D eigenvalue weighted by Crippen LogP contribution is 2.30. The average Bonchev–Trinajstić information content (AvgIpc) is 2.41. The van der Waals surface area contributed by atoms with E-state index in [9.17, 15) is 8.42 Å². The molecule has 0 radical (unpaired) electrons. The van der Waals surface area contributed by atoms with Gasteiger partial charge in [0.05, 0.1) is 10.6 Å². The number of aryl methyl sites for hydroxylation is 1. The molecule has 2 aromatic carbocycles. The zero-order chi connectivity index (χ0) is 14.8. The summed E-state index contributed by atoms with van der Waals surface area (Å²) in [7, 11) is -2.17. The molecule has 2 aromatic rings. The van der Waals surface area contributed by atoms with Gasteiger partial charge in [0.1, 0.15) is 5.75 Å². The molecule has 0 bridgehead atoms. The third kappa shape index (κ3) is 3.09. The lowest BCUT2D eigenvalue weighted by Crippen LogP contribution is -2.18. The maximum atomic E-state index is 11.8. The first kappa shape index (κ1) is 14.4. The Morgan fingerprint density at radius 1 is 1.15 bits per heavy atom. The summed E-state index contributed by atoms with van der Waals surface area (Å²) in [6, 6.07) is 11.8. The Morgan fingerprint density at radius 3 is 2.55 bits per heavy atom. The van der Waals surface area contributed by atoms with Gasteiger partial charge in [-0.2, -0.15) is 0 Å². The highest BCUT2D eigenvalue weighted by Gasteiger charge is 2.14. The Morgan fingerprint density at radius 2 is 1.90 bits per heavy atom. The van der Waals surface area contributed by atoms with E-state index in [1.54, 1.807) is 6.07 Å². The Kier molecular flexibility index (Phi) is 3.96. The fourth-order valence-corrected chi connectivity index (χ4v) is 2.44. The number of rotatable bonds is 4. The third-order valence-electron chi connectivity index (χ3n) is 2.78. The lowest BCUT2D eigenvalue weighted by Gasteiger charge is -2.11. The summed E-state index contributed by atoms with van der Waals surface area (Å²) in [5.41, 5.74) is 7.24. The summed E-state index contributed by atoms with van der Waals surface area (Å²) >= 11 is 0. The van der Waals surface area contributed by atoms with Gasteiger partial charge in [-0.15, -0.1) is 0 Å². The molecule has 0 fully saturated rings. The number of nitrogens with two attached hydrogens (primary N) is 1. The lowest BCUT2D eigenvalue weighted by molar-refractivity contribution is 0.482. The molecule has 0 saturated heterocycles. The van der Waals surface area contributed by atoms with Crippen LogP contribution in [0.25, 0.3) is 0 Å². The van der Waals surface area contributed by atoms with Crippen LogP contribution in [0.4, 0.5) is 5.69 Å². The zero-order valence-electron chi connectivity index (χ0n) is 11.3. The van der Waals surface area contributed by atoms with Gasteiger partial charge in [0, 0.05) is 6.07 Å². The summed E-state index contributed by atoms with van der Waals surface area (Å²) in [5.74, 6) is 0.919. The van der Waals surface area contributed by atoms with Crippen molar-refractivity contribution in [3.63, 3.8) is 0 Å². The Balaban J connectivity index is 2.39. The molecule has 0 heterocycles. The largest absolute Gasteiger partial charge is 0.455 e. The van der Waals surface area contributed by atoms with Gasteiger partial charge in [-0.05, 0) is 43.8 Å². The SMILES string of the molecule is CNS(=O)(=O)c1ccc(N)c(Oc2cccc(C)c2)c1. The monoisotopic (exact) mass is 292 g/mol. The quantitative estimate of drug-likeness (QED) is 0.847. The topological polar surface area (TPSA) is 81.4 Å². The van der Waals surface area contributed by atoms with Crippen molar-refractivity contribution in [2.24, 2.45) is 0 Å². The fraction of sp³-hybridized carbons (Fsp3) is 0.143. The number of anilines is 1. The highest BCUT2D eigenvalue weighted by atomic mass is 32.2. The second kappa shape index (κ2) is 5.52. The van der Waals surface area contributed by atoms with E-state index in [1.807, 2.05) is 25.1 Å².